The van der Waals surface area contributed by atoms with Crippen molar-refractivity contribution in [3.05, 3.63) is 0 Å². The molecule has 0 aromatic heterocycles. The van der Waals surface area contributed by atoms with Gasteiger partial charge in [-0.2, -0.15) is 0 Å². The molecule has 0 saturated carbocycles. The Labute approximate surface area is 41.5 Å². The summed E-state index contributed by atoms with van der Waals surface area (Å²) in [6.45, 7) is 1.68. The molecule has 2 nitrogen and oxygen atoms in total. The van der Waals surface area contributed by atoms with Gasteiger partial charge in [0.25, 0.3) is 0 Å². The van der Waals surface area contributed by atoms with Gasteiger partial charge in [-0.3, -0.25) is 0 Å². The highest BCUT2D eigenvalue weighted by Crippen LogP contribution is 2.02. The summed E-state index contributed by atoms with van der Waals surface area (Å²) in [6.07, 6.45) is 0. The first-order valence-electron chi connectivity index (χ1n) is 1.88. The SMILES string of the molecule is C1COSC[N]1. The van der Waals surface area contributed by atoms with Gasteiger partial charge in [0.15, 0.2) is 0 Å². The van der Waals surface area contributed by atoms with Crippen molar-refractivity contribution in [3.8, 4) is 0 Å². The molecule has 1 saturated heterocycles. The minimum atomic E-state index is 0.796. The molecule has 0 unspecified atom stereocenters. The van der Waals surface area contributed by atoms with Gasteiger partial charge < -0.3 is 4.18 Å². The Bertz CT molecular complexity index is 26.3. The van der Waals surface area contributed by atoms with Crippen LogP contribution in [0.1, 0.15) is 0 Å². The molecule has 3 heteroatoms. The van der Waals surface area contributed by atoms with E-state index in [0.717, 1.165) is 19.0 Å². The van der Waals surface area contributed by atoms with Gasteiger partial charge in [-0.05, 0) is 0 Å². The number of hydrogen-bond acceptors (Lipinski definition) is 2. The average molecular weight is 104 g/mol. The first kappa shape index (κ1) is 4.43. The third-order valence-electron chi connectivity index (χ3n) is 0.560. The monoisotopic (exact) mass is 104 g/mol. The largest absolute Gasteiger partial charge is 0.313 e. The fraction of sp³-hybridized carbons (Fsp3) is 1.00. The van der Waals surface area contributed by atoms with Gasteiger partial charge in [0.05, 0.1) is 12.5 Å². The second kappa shape index (κ2) is 2.44. The third kappa shape index (κ3) is 1.16. The van der Waals surface area contributed by atoms with E-state index in [2.05, 4.69) is 5.32 Å². The molecule has 1 rings (SSSR count). The Kier molecular flexibility index (Phi) is 1.80. The van der Waals surface area contributed by atoms with Crippen molar-refractivity contribution in [2.24, 2.45) is 0 Å². The van der Waals surface area contributed by atoms with E-state index in [1.807, 2.05) is 0 Å². The highest BCUT2D eigenvalue weighted by Gasteiger charge is 1.96. The second-order valence-corrected chi connectivity index (χ2v) is 1.75. The zero-order valence-corrected chi connectivity index (χ0v) is 4.20. The van der Waals surface area contributed by atoms with E-state index in [9.17, 15) is 0 Å². The number of hydrogen-bond donors (Lipinski definition) is 0. The Morgan fingerprint density at radius 1 is 1.67 bits per heavy atom. The van der Waals surface area contributed by atoms with Gasteiger partial charge in [0.2, 0.25) is 0 Å². The van der Waals surface area contributed by atoms with Crippen molar-refractivity contribution in [2.75, 3.05) is 19.0 Å². The molecule has 0 amide bonds. The van der Waals surface area contributed by atoms with Gasteiger partial charge in [0, 0.05) is 18.6 Å². The van der Waals surface area contributed by atoms with Crippen molar-refractivity contribution < 1.29 is 4.18 Å². The van der Waals surface area contributed by atoms with E-state index in [1.165, 1.54) is 12.0 Å². The Morgan fingerprint density at radius 3 is 2.83 bits per heavy atom. The molecule has 0 bridgehead atoms. The van der Waals surface area contributed by atoms with Crippen molar-refractivity contribution in [2.45, 2.75) is 0 Å². The van der Waals surface area contributed by atoms with Crippen LogP contribution in [0, 0.1) is 0 Å². The average Bonchev–Trinajstić information content (AvgIpc) is 1.72. The molecule has 0 aliphatic carbocycles. The summed E-state index contributed by atoms with van der Waals surface area (Å²) in [5.74, 6) is 0.819. The lowest BCUT2D eigenvalue weighted by atomic mass is 10.7. The van der Waals surface area contributed by atoms with Crippen LogP contribution in [0.5, 0.6) is 0 Å². The van der Waals surface area contributed by atoms with Crippen LogP contribution in [-0.4, -0.2) is 19.0 Å². The molecule has 0 spiro atoms. The van der Waals surface area contributed by atoms with Crippen molar-refractivity contribution in [1.82, 2.24) is 5.32 Å². The quantitative estimate of drug-likeness (QED) is 0.410. The summed E-state index contributed by atoms with van der Waals surface area (Å²) >= 11 is 1.43. The topological polar surface area (TPSA) is 23.3 Å². The smallest absolute Gasteiger partial charge is 0.0854 e. The maximum atomic E-state index is 4.89. The molecule has 0 aromatic carbocycles. The van der Waals surface area contributed by atoms with E-state index in [4.69, 9.17) is 4.18 Å². The minimum absolute atomic E-state index is 0.796. The number of nitrogens with zero attached hydrogens (tertiary/aromatic N) is 1. The van der Waals surface area contributed by atoms with E-state index in [0.29, 0.717) is 0 Å². The van der Waals surface area contributed by atoms with Gasteiger partial charge in [-0.25, -0.2) is 5.32 Å². The highest BCUT2D eigenvalue weighted by molar-refractivity contribution is 7.94. The molecule has 1 heterocycles. The van der Waals surface area contributed by atoms with E-state index < -0.39 is 0 Å². The highest BCUT2D eigenvalue weighted by atomic mass is 32.2. The molecule has 1 fully saturated rings. The summed E-state index contributed by atoms with van der Waals surface area (Å²) in [7, 11) is 0. The van der Waals surface area contributed by atoms with E-state index in [-0.39, 0.29) is 0 Å². The van der Waals surface area contributed by atoms with Crippen LogP contribution in [0.2, 0.25) is 0 Å². The van der Waals surface area contributed by atoms with Crippen LogP contribution in [-0.2, 0) is 4.18 Å². The normalized spacial score (nSPS) is 24.0. The first-order chi connectivity index (χ1) is 3.00. The maximum absolute atomic E-state index is 4.89. The zero-order valence-electron chi connectivity index (χ0n) is 3.39. The third-order valence-corrected chi connectivity index (χ3v) is 1.18. The van der Waals surface area contributed by atoms with Crippen LogP contribution in [0.4, 0.5) is 0 Å². The minimum Gasteiger partial charge on any atom is -0.313 e. The molecule has 0 atom stereocenters. The summed E-state index contributed by atoms with van der Waals surface area (Å²) in [5, 5.41) is 4.02. The zero-order chi connectivity index (χ0) is 4.24. The van der Waals surface area contributed by atoms with E-state index in [1.54, 1.807) is 0 Å². The second-order valence-electron chi connectivity index (χ2n) is 1.02. The lowest BCUT2D eigenvalue weighted by molar-refractivity contribution is 0.349. The predicted octanol–water partition coefficient (Wildman–Crippen LogP) is 0.227. The van der Waals surface area contributed by atoms with Gasteiger partial charge >= 0.3 is 0 Å². The number of rotatable bonds is 0. The first-order valence-corrected chi connectivity index (χ1v) is 2.79. The van der Waals surface area contributed by atoms with Crippen LogP contribution >= 0.6 is 12.0 Å². The van der Waals surface area contributed by atoms with Gasteiger partial charge in [0.1, 0.15) is 0 Å². The lowest BCUT2D eigenvalue weighted by Crippen LogP contribution is -2.15. The molecule has 0 aromatic rings. The Morgan fingerprint density at radius 2 is 2.67 bits per heavy atom. The van der Waals surface area contributed by atoms with Crippen molar-refractivity contribution in [1.29, 1.82) is 0 Å². The molecule has 1 aliphatic heterocycles. The molecule has 6 heavy (non-hydrogen) atoms. The van der Waals surface area contributed by atoms with E-state index >= 15 is 0 Å². The van der Waals surface area contributed by atoms with Crippen LogP contribution in [0.3, 0.4) is 0 Å². The maximum Gasteiger partial charge on any atom is 0.0854 e. The Hall–Kier alpha value is 0.270. The van der Waals surface area contributed by atoms with Crippen LogP contribution in [0.25, 0.3) is 0 Å². The fourth-order valence-corrected chi connectivity index (χ4v) is 0.770. The van der Waals surface area contributed by atoms with Crippen LogP contribution in [0.15, 0.2) is 0 Å². The van der Waals surface area contributed by atoms with Gasteiger partial charge in [-0.1, -0.05) is 0 Å². The summed E-state index contributed by atoms with van der Waals surface area (Å²) in [4.78, 5) is 0. The predicted molar refractivity (Wildman–Crippen MR) is 25.4 cm³/mol. The fourth-order valence-electron chi connectivity index (χ4n) is 0.300. The lowest BCUT2D eigenvalue weighted by Gasteiger charge is -2.06. The van der Waals surface area contributed by atoms with Crippen LogP contribution < -0.4 is 5.32 Å². The molecule has 1 aliphatic rings. The summed E-state index contributed by atoms with van der Waals surface area (Å²) in [6, 6.07) is 0. The van der Waals surface area contributed by atoms with Crippen molar-refractivity contribution >= 4 is 12.0 Å². The molecular weight excluding hydrogens is 98.1 g/mol. The summed E-state index contributed by atoms with van der Waals surface area (Å²) in [5.41, 5.74) is 0. The standard InChI is InChI=1S/C3H6NOS/c1-2-5-6-3-4-1/h1-3H2. The van der Waals surface area contributed by atoms with Gasteiger partial charge in [-0.15, -0.1) is 0 Å². The molecule has 0 N–H and O–H groups in total. The molecule has 1 radical (unpaired) electrons. The van der Waals surface area contributed by atoms with Crippen molar-refractivity contribution in [3.63, 3.8) is 0 Å². The Balaban J connectivity index is 2.00. The molecular formula is C3H6NOS. The molecule has 35 valence electrons. The summed E-state index contributed by atoms with van der Waals surface area (Å²) < 4.78 is 4.89.